The van der Waals surface area contributed by atoms with Crippen molar-refractivity contribution in [3.05, 3.63) is 45.9 Å². The molecule has 0 unspecified atom stereocenters. The minimum Gasteiger partial charge on any atom is -0.297 e. The number of hydrogen-bond acceptors (Lipinski definition) is 6. The van der Waals surface area contributed by atoms with Crippen LogP contribution in [0.15, 0.2) is 36.4 Å². The molecule has 0 bridgehead atoms. The number of carbonyl (C=O) groups is 1. The predicted octanol–water partition coefficient (Wildman–Crippen LogP) is 3.48. The number of anilines is 1. The second kappa shape index (κ2) is 9.30. The Labute approximate surface area is 181 Å². The van der Waals surface area contributed by atoms with E-state index in [9.17, 15) is 4.79 Å². The van der Waals surface area contributed by atoms with Crippen LogP contribution in [0.5, 0.6) is 0 Å². The highest BCUT2D eigenvalue weighted by Crippen LogP contribution is 2.33. The molecule has 2 aromatic rings. The second-order valence-electron chi connectivity index (χ2n) is 7.64. The number of benzene rings is 1. The molecule has 1 amide bonds. The summed E-state index contributed by atoms with van der Waals surface area (Å²) in [7, 11) is 0. The predicted molar refractivity (Wildman–Crippen MR) is 121 cm³/mol. The standard InChI is InChI=1S/C21H27N5OS2/c1-17(27)26(19-9-10-19)20-22-25(21(28)29-20)16-24-14-12-23(13-15-24)11-5-8-18-6-3-2-4-7-18/h2-8,19H,9-16H2,1H3/b8-5+. The normalized spacial score (nSPS) is 18.4. The number of amides is 1. The summed E-state index contributed by atoms with van der Waals surface area (Å²) in [6, 6.07) is 10.7. The fourth-order valence-corrected chi connectivity index (χ4v) is 4.77. The lowest BCUT2D eigenvalue weighted by Crippen LogP contribution is -2.46. The molecule has 1 saturated carbocycles. The van der Waals surface area contributed by atoms with Crippen LogP contribution in [0.4, 0.5) is 5.13 Å². The molecule has 1 aliphatic heterocycles. The summed E-state index contributed by atoms with van der Waals surface area (Å²) >= 11 is 6.96. The van der Waals surface area contributed by atoms with Crippen molar-refractivity contribution >= 4 is 40.7 Å². The van der Waals surface area contributed by atoms with Gasteiger partial charge in [-0.15, -0.1) is 5.10 Å². The van der Waals surface area contributed by atoms with E-state index >= 15 is 0 Å². The summed E-state index contributed by atoms with van der Waals surface area (Å²) in [6.07, 6.45) is 6.55. The van der Waals surface area contributed by atoms with Gasteiger partial charge in [0.2, 0.25) is 11.0 Å². The maximum absolute atomic E-state index is 12.0. The average Bonchev–Trinajstić information content (AvgIpc) is 3.48. The van der Waals surface area contributed by atoms with Crippen molar-refractivity contribution in [2.75, 3.05) is 37.6 Å². The highest BCUT2D eigenvalue weighted by atomic mass is 32.1. The van der Waals surface area contributed by atoms with Crippen LogP contribution < -0.4 is 4.90 Å². The van der Waals surface area contributed by atoms with E-state index in [-0.39, 0.29) is 5.91 Å². The lowest BCUT2D eigenvalue weighted by molar-refractivity contribution is -0.116. The lowest BCUT2D eigenvalue weighted by Gasteiger charge is -2.33. The average molecular weight is 430 g/mol. The molecule has 29 heavy (non-hydrogen) atoms. The molecule has 1 saturated heterocycles. The van der Waals surface area contributed by atoms with Crippen molar-refractivity contribution in [3.63, 3.8) is 0 Å². The van der Waals surface area contributed by atoms with Crippen molar-refractivity contribution in [2.45, 2.75) is 32.5 Å². The van der Waals surface area contributed by atoms with Crippen LogP contribution >= 0.6 is 23.6 Å². The van der Waals surface area contributed by atoms with Crippen molar-refractivity contribution in [1.29, 1.82) is 0 Å². The Bertz CT molecular complexity index is 911. The molecular weight excluding hydrogens is 402 g/mol. The lowest BCUT2D eigenvalue weighted by atomic mass is 10.2. The minimum absolute atomic E-state index is 0.0561. The molecule has 6 nitrogen and oxygen atoms in total. The zero-order valence-corrected chi connectivity index (χ0v) is 18.4. The molecule has 0 atom stereocenters. The van der Waals surface area contributed by atoms with Crippen LogP contribution in [0.3, 0.4) is 0 Å². The van der Waals surface area contributed by atoms with E-state index in [0.717, 1.165) is 54.7 Å². The van der Waals surface area contributed by atoms with E-state index in [1.54, 1.807) is 6.92 Å². The first kappa shape index (κ1) is 20.4. The smallest absolute Gasteiger partial charge is 0.225 e. The molecular formula is C21H27N5OS2. The van der Waals surface area contributed by atoms with Gasteiger partial charge in [0.15, 0.2) is 3.95 Å². The van der Waals surface area contributed by atoms with E-state index < -0.39 is 0 Å². The van der Waals surface area contributed by atoms with Gasteiger partial charge in [0.1, 0.15) is 0 Å². The third kappa shape index (κ3) is 5.39. The van der Waals surface area contributed by atoms with Crippen LogP contribution in [-0.4, -0.2) is 64.3 Å². The van der Waals surface area contributed by atoms with Gasteiger partial charge in [0.25, 0.3) is 0 Å². The number of aromatic nitrogens is 2. The molecule has 1 aromatic carbocycles. The highest BCUT2D eigenvalue weighted by molar-refractivity contribution is 7.73. The Morgan fingerprint density at radius 2 is 1.90 bits per heavy atom. The number of carbonyl (C=O) groups excluding carboxylic acids is 1. The SMILES string of the molecule is CC(=O)N(c1nn(CN2CCN(C/C=C/c3ccccc3)CC2)c(=S)s1)C1CC1. The third-order valence-corrected chi connectivity index (χ3v) is 6.63. The summed E-state index contributed by atoms with van der Waals surface area (Å²) in [4.78, 5) is 18.6. The van der Waals surface area contributed by atoms with E-state index in [1.165, 1.54) is 16.9 Å². The van der Waals surface area contributed by atoms with Crippen LogP contribution in [0.1, 0.15) is 25.3 Å². The van der Waals surface area contributed by atoms with Gasteiger partial charge in [-0.3, -0.25) is 19.5 Å². The Morgan fingerprint density at radius 3 is 2.55 bits per heavy atom. The van der Waals surface area contributed by atoms with Crippen LogP contribution in [0.25, 0.3) is 6.08 Å². The van der Waals surface area contributed by atoms with Gasteiger partial charge in [-0.2, -0.15) is 0 Å². The molecule has 0 radical (unpaired) electrons. The summed E-state index contributed by atoms with van der Waals surface area (Å²) in [5, 5.41) is 5.40. The topological polar surface area (TPSA) is 44.6 Å². The molecule has 0 spiro atoms. The van der Waals surface area contributed by atoms with Crippen LogP contribution in [-0.2, 0) is 11.5 Å². The van der Waals surface area contributed by atoms with Gasteiger partial charge >= 0.3 is 0 Å². The fraction of sp³-hybridized carbons (Fsp3) is 0.476. The van der Waals surface area contributed by atoms with E-state index in [4.69, 9.17) is 12.2 Å². The first-order valence-corrected chi connectivity index (χ1v) is 11.4. The van der Waals surface area contributed by atoms with Crippen LogP contribution in [0.2, 0.25) is 0 Å². The summed E-state index contributed by atoms with van der Waals surface area (Å²) in [6.45, 7) is 7.33. The molecule has 1 aliphatic carbocycles. The molecule has 2 fully saturated rings. The Hall–Kier alpha value is -1.87. The van der Waals surface area contributed by atoms with E-state index in [1.807, 2.05) is 15.6 Å². The molecule has 1 aromatic heterocycles. The zero-order chi connectivity index (χ0) is 20.2. The molecule has 2 heterocycles. The summed E-state index contributed by atoms with van der Waals surface area (Å²) in [5.41, 5.74) is 1.24. The molecule has 8 heteroatoms. The van der Waals surface area contributed by atoms with E-state index in [0.29, 0.717) is 12.7 Å². The molecule has 154 valence electrons. The Morgan fingerprint density at radius 1 is 1.21 bits per heavy atom. The fourth-order valence-electron chi connectivity index (χ4n) is 3.57. The largest absolute Gasteiger partial charge is 0.297 e. The van der Waals surface area contributed by atoms with Gasteiger partial charge in [-0.25, -0.2) is 4.68 Å². The minimum atomic E-state index is 0.0561. The van der Waals surface area contributed by atoms with Crippen molar-refractivity contribution in [3.8, 4) is 0 Å². The quantitative estimate of drug-likeness (QED) is 0.631. The second-order valence-corrected chi connectivity index (χ2v) is 9.24. The van der Waals surface area contributed by atoms with Gasteiger partial charge < -0.3 is 0 Å². The molecule has 0 N–H and O–H groups in total. The van der Waals surface area contributed by atoms with Gasteiger partial charge in [0.05, 0.1) is 6.67 Å². The molecule has 2 aliphatic rings. The first-order chi connectivity index (χ1) is 14.1. The maximum Gasteiger partial charge on any atom is 0.225 e. The monoisotopic (exact) mass is 429 g/mol. The summed E-state index contributed by atoms with van der Waals surface area (Å²) < 4.78 is 2.61. The van der Waals surface area contributed by atoms with Gasteiger partial charge in [-0.1, -0.05) is 53.8 Å². The highest BCUT2D eigenvalue weighted by Gasteiger charge is 2.34. The molecule has 4 rings (SSSR count). The third-order valence-electron chi connectivity index (χ3n) is 5.33. The van der Waals surface area contributed by atoms with Gasteiger partial charge in [0, 0.05) is 45.7 Å². The number of nitrogens with zero attached hydrogens (tertiary/aromatic N) is 5. The summed E-state index contributed by atoms with van der Waals surface area (Å²) in [5.74, 6) is 0.0561. The first-order valence-electron chi connectivity index (χ1n) is 10.1. The van der Waals surface area contributed by atoms with Crippen molar-refractivity contribution < 1.29 is 4.79 Å². The zero-order valence-electron chi connectivity index (χ0n) is 16.7. The van der Waals surface area contributed by atoms with E-state index in [2.05, 4.69) is 51.3 Å². The van der Waals surface area contributed by atoms with Crippen LogP contribution in [0, 0.1) is 3.95 Å². The maximum atomic E-state index is 12.0. The van der Waals surface area contributed by atoms with Gasteiger partial charge in [-0.05, 0) is 30.6 Å². The Balaban J connectivity index is 1.28. The number of piperazine rings is 1. The van der Waals surface area contributed by atoms with Crippen molar-refractivity contribution in [2.24, 2.45) is 0 Å². The number of rotatable bonds is 7. The van der Waals surface area contributed by atoms with Crippen molar-refractivity contribution in [1.82, 2.24) is 19.6 Å². The Kier molecular flexibility index (Phi) is 6.54. The number of hydrogen-bond donors (Lipinski definition) is 0.